The molecular formula is C10H7ClN2OS. The number of amides is 1. The minimum absolute atomic E-state index is 0.189. The first-order valence-corrected chi connectivity index (χ1v) is 5.47. The molecule has 1 amide bonds. The summed E-state index contributed by atoms with van der Waals surface area (Å²) in [5, 5.41) is 3.24. The van der Waals surface area contributed by atoms with Crippen molar-refractivity contribution in [3.63, 3.8) is 0 Å². The van der Waals surface area contributed by atoms with E-state index in [1.807, 2.05) is 12.1 Å². The van der Waals surface area contributed by atoms with E-state index in [1.54, 1.807) is 17.6 Å². The van der Waals surface area contributed by atoms with Gasteiger partial charge in [0, 0.05) is 0 Å². The molecule has 15 heavy (non-hydrogen) atoms. The van der Waals surface area contributed by atoms with Crippen LogP contribution in [-0.4, -0.2) is 10.9 Å². The van der Waals surface area contributed by atoms with Gasteiger partial charge in [0.25, 0.3) is 5.91 Å². The largest absolute Gasteiger partial charge is 0.320 e. The van der Waals surface area contributed by atoms with E-state index in [0.29, 0.717) is 15.6 Å². The molecule has 0 saturated heterocycles. The highest BCUT2D eigenvalue weighted by Gasteiger charge is 2.08. The minimum atomic E-state index is -0.189. The molecule has 1 aromatic carbocycles. The van der Waals surface area contributed by atoms with E-state index in [4.69, 9.17) is 11.6 Å². The maximum atomic E-state index is 11.6. The second kappa shape index (κ2) is 4.42. The highest BCUT2D eigenvalue weighted by Crippen LogP contribution is 2.21. The third-order valence-electron chi connectivity index (χ3n) is 1.78. The Hall–Kier alpha value is -1.39. The fourth-order valence-corrected chi connectivity index (χ4v) is 1.77. The van der Waals surface area contributed by atoms with Crippen molar-refractivity contribution in [1.29, 1.82) is 0 Å². The molecule has 2 aromatic rings. The second-order valence-electron chi connectivity index (χ2n) is 2.80. The number of anilines is 1. The van der Waals surface area contributed by atoms with Gasteiger partial charge in [0.1, 0.15) is 4.88 Å². The Bertz CT molecular complexity index is 470. The molecule has 1 aromatic heterocycles. The first-order chi connectivity index (χ1) is 7.27. The van der Waals surface area contributed by atoms with Gasteiger partial charge in [0.05, 0.1) is 22.4 Å². The van der Waals surface area contributed by atoms with Gasteiger partial charge in [0.2, 0.25) is 0 Å². The summed E-state index contributed by atoms with van der Waals surface area (Å²) < 4.78 is 0. The third kappa shape index (κ3) is 2.34. The van der Waals surface area contributed by atoms with E-state index < -0.39 is 0 Å². The summed E-state index contributed by atoms with van der Waals surface area (Å²) in [6.07, 6.45) is 1.52. The summed E-state index contributed by atoms with van der Waals surface area (Å²) in [7, 11) is 0. The molecule has 3 nitrogen and oxygen atoms in total. The number of halogens is 1. The number of rotatable bonds is 2. The van der Waals surface area contributed by atoms with Crippen molar-refractivity contribution in [3.8, 4) is 0 Å². The normalized spacial score (nSPS) is 9.93. The molecule has 1 N–H and O–H groups in total. The number of benzene rings is 1. The highest BCUT2D eigenvalue weighted by atomic mass is 35.5. The van der Waals surface area contributed by atoms with E-state index in [2.05, 4.69) is 10.3 Å². The molecule has 5 heteroatoms. The van der Waals surface area contributed by atoms with Crippen molar-refractivity contribution in [2.45, 2.75) is 0 Å². The summed E-state index contributed by atoms with van der Waals surface area (Å²) >= 11 is 7.19. The molecule has 0 aliphatic carbocycles. The van der Waals surface area contributed by atoms with Crippen molar-refractivity contribution in [2.75, 3.05) is 5.32 Å². The smallest absolute Gasteiger partial charge is 0.267 e. The Morgan fingerprint density at radius 1 is 1.40 bits per heavy atom. The molecule has 76 valence electrons. The van der Waals surface area contributed by atoms with Crippen LogP contribution in [0.5, 0.6) is 0 Å². The molecule has 0 atom stereocenters. The molecule has 0 aliphatic rings. The first kappa shape index (κ1) is 10.1. The number of para-hydroxylation sites is 1. The first-order valence-electron chi connectivity index (χ1n) is 4.22. The van der Waals surface area contributed by atoms with Crippen LogP contribution >= 0.6 is 22.9 Å². The van der Waals surface area contributed by atoms with E-state index in [1.165, 1.54) is 17.5 Å². The second-order valence-corrected chi connectivity index (χ2v) is 4.09. The zero-order valence-electron chi connectivity index (χ0n) is 7.61. The van der Waals surface area contributed by atoms with Gasteiger partial charge in [-0.25, -0.2) is 0 Å². The number of carbonyl (C=O) groups excluding carboxylic acids is 1. The van der Waals surface area contributed by atoms with Crippen LogP contribution in [0.3, 0.4) is 0 Å². The number of aromatic nitrogens is 1. The summed E-state index contributed by atoms with van der Waals surface area (Å²) in [4.78, 5) is 16.0. The summed E-state index contributed by atoms with van der Waals surface area (Å²) in [5.41, 5.74) is 2.22. The van der Waals surface area contributed by atoms with Crippen LogP contribution in [0.25, 0.3) is 0 Å². The average Bonchev–Trinajstić information content (AvgIpc) is 2.74. The van der Waals surface area contributed by atoms with Crippen LogP contribution in [0.1, 0.15) is 9.67 Å². The maximum absolute atomic E-state index is 11.6. The minimum Gasteiger partial charge on any atom is -0.320 e. The van der Waals surface area contributed by atoms with Crippen LogP contribution in [0.15, 0.2) is 36.0 Å². The monoisotopic (exact) mass is 238 g/mol. The van der Waals surface area contributed by atoms with E-state index in [-0.39, 0.29) is 5.91 Å². The Morgan fingerprint density at radius 2 is 2.20 bits per heavy atom. The number of thiazole rings is 1. The standard InChI is InChI=1S/C10H7ClN2OS/c11-7-3-1-2-4-8(7)13-10(14)9-5-12-6-15-9/h1-6H,(H,13,14). The fraction of sp³-hybridized carbons (Fsp3) is 0. The Labute approximate surface area is 95.7 Å². The van der Waals surface area contributed by atoms with Crippen LogP contribution < -0.4 is 5.32 Å². The quantitative estimate of drug-likeness (QED) is 0.874. The summed E-state index contributed by atoms with van der Waals surface area (Å²) in [6.45, 7) is 0. The van der Waals surface area contributed by atoms with Crippen LogP contribution in [0, 0.1) is 0 Å². The fourth-order valence-electron chi connectivity index (χ4n) is 1.07. The van der Waals surface area contributed by atoms with Crippen LogP contribution in [0.2, 0.25) is 5.02 Å². The van der Waals surface area contributed by atoms with Crippen molar-refractivity contribution >= 4 is 34.5 Å². The van der Waals surface area contributed by atoms with Crippen molar-refractivity contribution in [2.24, 2.45) is 0 Å². The molecule has 0 spiro atoms. The SMILES string of the molecule is O=C(Nc1ccccc1Cl)c1cncs1. The summed E-state index contributed by atoms with van der Waals surface area (Å²) in [5.74, 6) is -0.189. The Balaban J connectivity index is 2.17. The third-order valence-corrected chi connectivity index (χ3v) is 2.88. The van der Waals surface area contributed by atoms with Crippen LogP contribution in [0.4, 0.5) is 5.69 Å². The van der Waals surface area contributed by atoms with Gasteiger partial charge < -0.3 is 5.32 Å². The lowest BCUT2D eigenvalue weighted by Gasteiger charge is -2.04. The predicted octanol–water partition coefficient (Wildman–Crippen LogP) is 3.05. The lowest BCUT2D eigenvalue weighted by Crippen LogP contribution is -2.10. The average molecular weight is 239 g/mol. The van der Waals surface area contributed by atoms with Gasteiger partial charge in [-0.05, 0) is 12.1 Å². The van der Waals surface area contributed by atoms with Gasteiger partial charge in [-0.2, -0.15) is 0 Å². The number of hydrogen-bond donors (Lipinski definition) is 1. The number of carbonyl (C=O) groups is 1. The van der Waals surface area contributed by atoms with Crippen molar-refractivity contribution in [1.82, 2.24) is 4.98 Å². The van der Waals surface area contributed by atoms with E-state index in [9.17, 15) is 4.79 Å². The molecule has 2 rings (SSSR count). The zero-order valence-corrected chi connectivity index (χ0v) is 9.18. The molecule has 0 saturated carbocycles. The van der Waals surface area contributed by atoms with Crippen molar-refractivity contribution < 1.29 is 4.79 Å². The molecule has 0 radical (unpaired) electrons. The van der Waals surface area contributed by atoms with E-state index in [0.717, 1.165) is 0 Å². The van der Waals surface area contributed by atoms with Crippen LogP contribution in [-0.2, 0) is 0 Å². The van der Waals surface area contributed by atoms with Crippen molar-refractivity contribution in [3.05, 3.63) is 45.9 Å². The van der Waals surface area contributed by atoms with Gasteiger partial charge >= 0.3 is 0 Å². The molecule has 0 unspecified atom stereocenters. The summed E-state index contributed by atoms with van der Waals surface area (Å²) in [6, 6.07) is 7.10. The zero-order chi connectivity index (χ0) is 10.7. The predicted molar refractivity (Wildman–Crippen MR) is 61.5 cm³/mol. The topological polar surface area (TPSA) is 42.0 Å². The van der Waals surface area contributed by atoms with Gasteiger partial charge in [-0.1, -0.05) is 23.7 Å². The lowest BCUT2D eigenvalue weighted by atomic mass is 10.3. The Kier molecular flexibility index (Phi) is 2.99. The van der Waals surface area contributed by atoms with Gasteiger partial charge in [-0.15, -0.1) is 11.3 Å². The lowest BCUT2D eigenvalue weighted by molar-refractivity contribution is 0.103. The van der Waals surface area contributed by atoms with E-state index >= 15 is 0 Å². The number of hydrogen-bond acceptors (Lipinski definition) is 3. The molecule has 0 aliphatic heterocycles. The van der Waals surface area contributed by atoms with Gasteiger partial charge in [0.15, 0.2) is 0 Å². The maximum Gasteiger partial charge on any atom is 0.267 e. The molecule has 0 bridgehead atoms. The number of nitrogens with one attached hydrogen (secondary N) is 1. The molecule has 1 heterocycles. The molecule has 0 fully saturated rings. The number of nitrogens with zero attached hydrogens (tertiary/aromatic N) is 1. The Morgan fingerprint density at radius 3 is 2.87 bits per heavy atom. The van der Waals surface area contributed by atoms with Gasteiger partial charge in [-0.3, -0.25) is 9.78 Å². The molecular weight excluding hydrogens is 232 g/mol. The highest BCUT2D eigenvalue weighted by molar-refractivity contribution is 7.11.